The van der Waals surface area contributed by atoms with Gasteiger partial charge in [0, 0.05) is 18.2 Å². The fraction of sp³-hybridized carbons (Fsp3) is 0.154. The molecule has 0 atom stereocenters. The highest BCUT2D eigenvalue weighted by molar-refractivity contribution is 5.89. The summed E-state index contributed by atoms with van der Waals surface area (Å²) in [5, 5.41) is 2.68. The maximum Gasteiger partial charge on any atom is 0.221 e. The topological polar surface area (TPSA) is 54.9 Å². The zero-order valence-electron chi connectivity index (χ0n) is 10.1. The number of nitrogens with one attached hydrogen (secondary N) is 1. The molecule has 1 amide bonds. The lowest BCUT2D eigenvalue weighted by Gasteiger charge is -2.08. The minimum atomic E-state index is -0.477. The van der Waals surface area contributed by atoms with Crippen LogP contribution < -0.4 is 5.32 Å². The summed E-state index contributed by atoms with van der Waals surface area (Å²) in [7, 11) is 0. The predicted octanol–water partition coefficient (Wildman–Crippen LogP) is 2.55. The van der Waals surface area contributed by atoms with E-state index in [0.717, 1.165) is 23.5 Å². The first-order chi connectivity index (χ1) is 8.56. The van der Waals surface area contributed by atoms with Crippen molar-refractivity contribution >= 4 is 11.6 Å². The van der Waals surface area contributed by atoms with Crippen LogP contribution >= 0.6 is 0 Å². The molecule has 2 aromatic rings. The number of anilines is 1. The van der Waals surface area contributed by atoms with E-state index in [9.17, 15) is 9.18 Å². The summed E-state index contributed by atoms with van der Waals surface area (Å²) in [6.45, 7) is 3.34. The Bertz CT molecular complexity index is 581. The van der Waals surface area contributed by atoms with E-state index in [-0.39, 0.29) is 5.91 Å². The Morgan fingerprint density at radius 2 is 1.94 bits per heavy atom. The Labute approximate surface area is 104 Å². The first-order valence-corrected chi connectivity index (χ1v) is 5.42. The van der Waals surface area contributed by atoms with E-state index in [1.807, 2.05) is 13.0 Å². The van der Waals surface area contributed by atoms with Crippen LogP contribution in [0.2, 0.25) is 0 Å². The van der Waals surface area contributed by atoms with Crippen molar-refractivity contribution in [1.29, 1.82) is 0 Å². The second-order valence-corrected chi connectivity index (χ2v) is 3.94. The fourth-order valence-electron chi connectivity index (χ4n) is 1.60. The number of carbonyl (C=O) groups is 1. The molecule has 0 fully saturated rings. The predicted molar refractivity (Wildman–Crippen MR) is 66.5 cm³/mol. The molecule has 92 valence electrons. The highest BCUT2D eigenvalue weighted by Gasteiger charge is 2.07. The minimum absolute atomic E-state index is 0.148. The van der Waals surface area contributed by atoms with E-state index in [1.165, 1.54) is 6.92 Å². The molecule has 0 aliphatic carbocycles. The summed E-state index contributed by atoms with van der Waals surface area (Å²) in [5.74, 6) is -0.194. The van der Waals surface area contributed by atoms with Gasteiger partial charge in [-0.25, -0.2) is 14.4 Å². The monoisotopic (exact) mass is 245 g/mol. The van der Waals surface area contributed by atoms with E-state index >= 15 is 0 Å². The van der Waals surface area contributed by atoms with Crippen molar-refractivity contribution in [3.63, 3.8) is 0 Å². The van der Waals surface area contributed by atoms with Crippen molar-refractivity contribution in [3.8, 4) is 11.4 Å². The molecule has 0 unspecified atom stereocenters. The Hall–Kier alpha value is -2.30. The van der Waals surface area contributed by atoms with Gasteiger partial charge in [-0.05, 0) is 24.6 Å². The maximum atomic E-state index is 12.8. The lowest BCUT2D eigenvalue weighted by molar-refractivity contribution is -0.114. The standard InChI is InChI=1S/C13H12FN3O/c1-8-3-4-11(17-9(2)18)5-12(8)13-15-6-10(14)7-16-13/h3-7H,1-2H3,(H,17,18). The van der Waals surface area contributed by atoms with Gasteiger partial charge >= 0.3 is 0 Å². The van der Waals surface area contributed by atoms with Crippen molar-refractivity contribution in [3.05, 3.63) is 42.0 Å². The van der Waals surface area contributed by atoms with Crippen LogP contribution in [-0.2, 0) is 4.79 Å². The highest BCUT2D eigenvalue weighted by atomic mass is 19.1. The number of hydrogen-bond donors (Lipinski definition) is 1. The number of aryl methyl sites for hydroxylation is 1. The first kappa shape index (κ1) is 12.2. The number of carbonyl (C=O) groups excluding carboxylic acids is 1. The Morgan fingerprint density at radius 1 is 1.28 bits per heavy atom. The summed E-state index contributed by atoms with van der Waals surface area (Å²) in [4.78, 5) is 18.9. The lowest BCUT2D eigenvalue weighted by atomic mass is 10.1. The van der Waals surface area contributed by atoms with Crippen LogP contribution in [0.15, 0.2) is 30.6 Å². The number of hydrogen-bond acceptors (Lipinski definition) is 3. The lowest BCUT2D eigenvalue weighted by Crippen LogP contribution is -2.06. The highest BCUT2D eigenvalue weighted by Crippen LogP contribution is 2.23. The summed E-state index contributed by atoms with van der Waals surface area (Å²) in [6, 6.07) is 5.42. The van der Waals surface area contributed by atoms with Crippen LogP contribution in [0.3, 0.4) is 0 Å². The number of rotatable bonds is 2. The van der Waals surface area contributed by atoms with Crippen molar-refractivity contribution in [2.45, 2.75) is 13.8 Å². The van der Waals surface area contributed by atoms with Gasteiger partial charge in [0.2, 0.25) is 5.91 Å². The molecule has 1 aromatic heterocycles. The first-order valence-electron chi connectivity index (χ1n) is 5.42. The molecule has 0 aliphatic rings. The molecule has 1 heterocycles. The minimum Gasteiger partial charge on any atom is -0.326 e. The van der Waals surface area contributed by atoms with Crippen molar-refractivity contribution in [2.75, 3.05) is 5.32 Å². The smallest absolute Gasteiger partial charge is 0.221 e. The zero-order chi connectivity index (χ0) is 13.1. The van der Waals surface area contributed by atoms with Crippen LogP contribution in [0, 0.1) is 12.7 Å². The Balaban J connectivity index is 2.42. The second-order valence-electron chi connectivity index (χ2n) is 3.94. The molecular weight excluding hydrogens is 233 g/mol. The second kappa shape index (κ2) is 4.91. The van der Waals surface area contributed by atoms with E-state index in [2.05, 4.69) is 15.3 Å². The molecule has 1 N–H and O–H groups in total. The summed E-state index contributed by atoms with van der Waals surface area (Å²) < 4.78 is 12.8. The molecule has 2 rings (SSSR count). The van der Waals surface area contributed by atoms with Gasteiger partial charge < -0.3 is 5.32 Å². The van der Waals surface area contributed by atoms with E-state index in [0.29, 0.717) is 11.5 Å². The number of nitrogens with zero attached hydrogens (tertiary/aromatic N) is 2. The van der Waals surface area contributed by atoms with Crippen molar-refractivity contribution < 1.29 is 9.18 Å². The number of halogens is 1. The quantitative estimate of drug-likeness (QED) is 0.884. The van der Waals surface area contributed by atoms with Gasteiger partial charge in [0.25, 0.3) is 0 Å². The normalized spacial score (nSPS) is 10.2. The Morgan fingerprint density at radius 3 is 2.56 bits per heavy atom. The molecular formula is C13H12FN3O. The SMILES string of the molecule is CC(=O)Nc1ccc(C)c(-c2ncc(F)cn2)c1. The largest absolute Gasteiger partial charge is 0.326 e. The van der Waals surface area contributed by atoms with Crippen molar-refractivity contribution in [1.82, 2.24) is 9.97 Å². The number of benzene rings is 1. The van der Waals surface area contributed by atoms with Crippen molar-refractivity contribution in [2.24, 2.45) is 0 Å². The fourth-order valence-corrected chi connectivity index (χ4v) is 1.60. The molecule has 4 nitrogen and oxygen atoms in total. The average molecular weight is 245 g/mol. The molecule has 0 bridgehead atoms. The van der Waals surface area contributed by atoms with E-state index in [1.54, 1.807) is 12.1 Å². The van der Waals surface area contributed by atoms with Crippen LogP contribution in [0.1, 0.15) is 12.5 Å². The van der Waals surface area contributed by atoms with Crippen LogP contribution in [0.5, 0.6) is 0 Å². The molecule has 5 heteroatoms. The summed E-state index contributed by atoms with van der Waals surface area (Å²) in [5.41, 5.74) is 2.38. The van der Waals surface area contributed by atoms with Crippen LogP contribution in [0.25, 0.3) is 11.4 Å². The number of amides is 1. The van der Waals surface area contributed by atoms with Gasteiger partial charge in [0.1, 0.15) is 0 Å². The van der Waals surface area contributed by atoms with Crippen LogP contribution in [0.4, 0.5) is 10.1 Å². The number of aromatic nitrogens is 2. The average Bonchev–Trinajstić information content (AvgIpc) is 2.32. The molecule has 0 saturated heterocycles. The van der Waals surface area contributed by atoms with Gasteiger partial charge in [-0.2, -0.15) is 0 Å². The van der Waals surface area contributed by atoms with E-state index in [4.69, 9.17) is 0 Å². The van der Waals surface area contributed by atoms with E-state index < -0.39 is 5.82 Å². The molecule has 0 spiro atoms. The van der Waals surface area contributed by atoms with Crippen LogP contribution in [-0.4, -0.2) is 15.9 Å². The van der Waals surface area contributed by atoms with Gasteiger partial charge in [-0.1, -0.05) is 6.07 Å². The third-order valence-electron chi connectivity index (χ3n) is 2.42. The van der Waals surface area contributed by atoms with Gasteiger partial charge in [-0.3, -0.25) is 4.79 Å². The maximum absolute atomic E-state index is 12.8. The summed E-state index contributed by atoms with van der Waals surface area (Å²) in [6.07, 6.45) is 2.24. The molecule has 0 saturated carbocycles. The molecule has 1 aromatic carbocycles. The third kappa shape index (κ3) is 2.68. The Kier molecular flexibility index (Phi) is 3.32. The van der Waals surface area contributed by atoms with Gasteiger partial charge in [-0.15, -0.1) is 0 Å². The summed E-state index contributed by atoms with van der Waals surface area (Å²) >= 11 is 0. The van der Waals surface area contributed by atoms with Gasteiger partial charge in [0.15, 0.2) is 11.6 Å². The molecule has 0 radical (unpaired) electrons. The molecule has 0 aliphatic heterocycles. The third-order valence-corrected chi connectivity index (χ3v) is 2.42. The molecule has 18 heavy (non-hydrogen) atoms. The van der Waals surface area contributed by atoms with Gasteiger partial charge in [0.05, 0.1) is 12.4 Å². The zero-order valence-corrected chi connectivity index (χ0v) is 10.1.